The largest absolute Gasteiger partial charge is 0.390 e. The van der Waals surface area contributed by atoms with Crippen molar-refractivity contribution in [2.75, 3.05) is 0 Å². The Morgan fingerprint density at radius 3 is 2.35 bits per heavy atom. The summed E-state index contributed by atoms with van der Waals surface area (Å²) < 4.78 is 0. The molecule has 3 nitrogen and oxygen atoms in total. The van der Waals surface area contributed by atoms with Gasteiger partial charge in [-0.05, 0) is 78.7 Å². The maximum Gasteiger partial charge on any atom is 0.0880 e. The van der Waals surface area contributed by atoms with E-state index >= 15 is 0 Å². The van der Waals surface area contributed by atoms with Crippen molar-refractivity contribution < 1.29 is 15.3 Å². The average molecular weight is 322 g/mol. The van der Waals surface area contributed by atoms with Crippen molar-refractivity contribution in [3.63, 3.8) is 0 Å². The Kier molecular flexibility index (Phi) is 7.25. The summed E-state index contributed by atoms with van der Waals surface area (Å²) in [6.07, 6.45) is 9.82. The van der Waals surface area contributed by atoms with Crippen LogP contribution in [0.3, 0.4) is 0 Å². The molecule has 0 amide bonds. The molecule has 0 heterocycles. The maximum absolute atomic E-state index is 10.6. The Bertz CT molecular complexity index is 476. The van der Waals surface area contributed by atoms with E-state index in [0.29, 0.717) is 19.3 Å². The minimum Gasteiger partial charge on any atom is -0.390 e. The topological polar surface area (TPSA) is 60.7 Å². The van der Waals surface area contributed by atoms with Gasteiger partial charge < -0.3 is 15.3 Å². The first-order valence-electron chi connectivity index (χ1n) is 8.67. The highest BCUT2D eigenvalue weighted by Gasteiger charge is 2.31. The van der Waals surface area contributed by atoms with E-state index in [2.05, 4.69) is 26.0 Å². The van der Waals surface area contributed by atoms with Crippen molar-refractivity contribution in [1.29, 1.82) is 0 Å². The molecule has 0 saturated carbocycles. The zero-order chi connectivity index (χ0) is 17.7. The first kappa shape index (κ1) is 20.1. The molecule has 0 aliphatic heterocycles. The first-order chi connectivity index (χ1) is 10.5. The third kappa shape index (κ3) is 7.03. The molecular formula is C20H34O3. The smallest absolute Gasteiger partial charge is 0.0880 e. The lowest BCUT2D eigenvalue weighted by molar-refractivity contribution is -0.0705. The lowest BCUT2D eigenvalue weighted by atomic mass is 9.84. The molecule has 2 atom stereocenters. The van der Waals surface area contributed by atoms with Crippen LogP contribution < -0.4 is 0 Å². The monoisotopic (exact) mass is 322 g/mol. The number of hydrogen-bond acceptors (Lipinski definition) is 3. The number of aliphatic hydroxyl groups excluding tert-OH is 1. The van der Waals surface area contributed by atoms with Gasteiger partial charge >= 0.3 is 0 Å². The zero-order valence-corrected chi connectivity index (χ0v) is 15.4. The van der Waals surface area contributed by atoms with Gasteiger partial charge in [0, 0.05) is 0 Å². The maximum atomic E-state index is 10.6. The van der Waals surface area contributed by atoms with Gasteiger partial charge in [-0.2, -0.15) is 0 Å². The molecule has 23 heavy (non-hydrogen) atoms. The molecule has 0 aromatic rings. The molecule has 0 aromatic carbocycles. The minimum atomic E-state index is -1.15. The van der Waals surface area contributed by atoms with Gasteiger partial charge in [0.1, 0.15) is 0 Å². The van der Waals surface area contributed by atoms with Crippen LogP contribution >= 0.6 is 0 Å². The summed E-state index contributed by atoms with van der Waals surface area (Å²) in [6.45, 7) is 9.41. The lowest BCUT2D eigenvalue weighted by Gasteiger charge is -2.31. The van der Waals surface area contributed by atoms with Crippen molar-refractivity contribution in [3.8, 4) is 0 Å². The molecule has 1 rings (SSSR count). The fraction of sp³-hybridized carbons (Fsp3) is 0.700. The minimum absolute atomic E-state index is 0.430. The van der Waals surface area contributed by atoms with Crippen LogP contribution in [0.5, 0.6) is 0 Å². The fourth-order valence-electron chi connectivity index (χ4n) is 2.80. The quantitative estimate of drug-likeness (QED) is 0.638. The van der Waals surface area contributed by atoms with E-state index in [1.165, 1.54) is 11.1 Å². The Hall–Kier alpha value is -0.900. The summed E-state index contributed by atoms with van der Waals surface area (Å²) in [5.41, 5.74) is 1.35. The predicted molar refractivity (Wildman–Crippen MR) is 96.2 cm³/mol. The highest BCUT2D eigenvalue weighted by Crippen LogP contribution is 2.29. The summed E-state index contributed by atoms with van der Waals surface area (Å²) in [7, 11) is 0. The number of hydrogen-bond donors (Lipinski definition) is 3. The van der Waals surface area contributed by atoms with Gasteiger partial charge in [-0.1, -0.05) is 29.4 Å². The fourth-order valence-corrected chi connectivity index (χ4v) is 2.80. The summed E-state index contributed by atoms with van der Waals surface area (Å²) in [6, 6.07) is 0. The molecule has 0 fully saturated rings. The van der Waals surface area contributed by atoms with Crippen molar-refractivity contribution >= 4 is 0 Å². The third-order valence-electron chi connectivity index (χ3n) is 4.82. The zero-order valence-electron chi connectivity index (χ0n) is 15.4. The van der Waals surface area contributed by atoms with Crippen LogP contribution in [0.15, 0.2) is 34.9 Å². The van der Waals surface area contributed by atoms with Gasteiger partial charge in [-0.3, -0.25) is 0 Å². The summed E-state index contributed by atoms with van der Waals surface area (Å²) in [5.74, 6) is 0. The third-order valence-corrected chi connectivity index (χ3v) is 4.82. The molecule has 0 bridgehead atoms. The molecule has 3 N–H and O–H groups in total. The molecule has 2 unspecified atom stereocenters. The van der Waals surface area contributed by atoms with E-state index in [4.69, 9.17) is 0 Å². The van der Waals surface area contributed by atoms with Gasteiger partial charge in [0.2, 0.25) is 0 Å². The molecule has 0 radical (unpaired) electrons. The average Bonchev–Trinajstić information content (AvgIpc) is 2.42. The number of aliphatic hydroxyl groups is 3. The van der Waals surface area contributed by atoms with Crippen LogP contribution in [0.2, 0.25) is 0 Å². The van der Waals surface area contributed by atoms with E-state index in [9.17, 15) is 15.3 Å². The molecule has 0 aromatic heterocycles. The molecule has 0 spiro atoms. The Morgan fingerprint density at radius 2 is 1.74 bits per heavy atom. The van der Waals surface area contributed by atoms with Crippen LogP contribution in [0, 0.1) is 0 Å². The van der Waals surface area contributed by atoms with Gasteiger partial charge in [-0.25, -0.2) is 0 Å². The van der Waals surface area contributed by atoms with E-state index < -0.39 is 17.3 Å². The second-order valence-corrected chi connectivity index (χ2v) is 7.76. The van der Waals surface area contributed by atoms with E-state index in [-0.39, 0.29) is 0 Å². The van der Waals surface area contributed by atoms with Crippen LogP contribution in [0.1, 0.15) is 73.1 Å². The second-order valence-electron chi connectivity index (χ2n) is 7.76. The highest BCUT2D eigenvalue weighted by molar-refractivity contribution is 5.23. The van der Waals surface area contributed by atoms with Crippen molar-refractivity contribution in [1.82, 2.24) is 0 Å². The Labute approximate surface area is 141 Å². The van der Waals surface area contributed by atoms with Crippen molar-refractivity contribution in [2.24, 2.45) is 0 Å². The number of allylic oxidation sites excluding steroid dienone is 5. The van der Waals surface area contributed by atoms with Crippen LogP contribution in [-0.4, -0.2) is 32.6 Å². The Balaban J connectivity index is 3.07. The molecule has 1 aliphatic rings. The molecule has 0 saturated heterocycles. The molecule has 132 valence electrons. The predicted octanol–water partition coefficient (Wildman–Crippen LogP) is 4.04. The standard InChI is InChI=1S/C20H34O3/c1-15-7-6-8-16(2)10-12-18(21)20(5,23)14-13-17(11-9-15)19(3,4)22/h8-9,11,18,21-23H,6-7,10,12-14H2,1-5H3. The first-order valence-corrected chi connectivity index (χ1v) is 8.67. The van der Waals surface area contributed by atoms with Gasteiger partial charge in [0.05, 0.1) is 17.3 Å². The summed E-state index contributed by atoms with van der Waals surface area (Å²) in [4.78, 5) is 0. The lowest BCUT2D eigenvalue weighted by Crippen LogP contribution is -2.40. The van der Waals surface area contributed by atoms with Crippen LogP contribution in [0.4, 0.5) is 0 Å². The molecule has 3 heteroatoms. The normalized spacial score (nSPS) is 29.2. The molecule has 1 aliphatic carbocycles. The van der Waals surface area contributed by atoms with Crippen LogP contribution in [0.25, 0.3) is 0 Å². The second kappa shape index (κ2) is 8.27. The SMILES string of the molecule is CC1=CC=C(C(C)(C)O)CCC(C)(O)C(O)CCC(C)=CCC1. The van der Waals surface area contributed by atoms with Gasteiger partial charge in [-0.15, -0.1) is 0 Å². The number of rotatable bonds is 1. The van der Waals surface area contributed by atoms with Crippen molar-refractivity contribution in [2.45, 2.75) is 90.4 Å². The van der Waals surface area contributed by atoms with E-state index in [1.807, 2.05) is 6.08 Å². The van der Waals surface area contributed by atoms with Crippen LogP contribution in [-0.2, 0) is 0 Å². The van der Waals surface area contributed by atoms with Gasteiger partial charge in [0.15, 0.2) is 0 Å². The van der Waals surface area contributed by atoms with E-state index in [1.54, 1.807) is 20.8 Å². The van der Waals surface area contributed by atoms with E-state index in [0.717, 1.165) is 24.8 Å². The summed E-state index contributed by atoms with van der Waals surface area (Å²) >= 11 is 0. The molecular weight excluding hydrogens is 288 g/mol. The Morgan fingerprint density at radius 1 is 1.09 bits per heavy atom. The summed E-state index contributed by atoms with van der Waals surface area (Å²) in [5, 5.41) is 31.3. The van der Waals surface area contributed by atoms with Gasteiger partial charge in [0.25, 0.3) is 0 Å². The van der Waals surface area contributed by atoms with Crippen molar-refractivity contribution in [3.05, 3.63) is 34.9 Å². The highest BCUT2D eigenvalue weighted by atomic mass is 16.3.